The molecule has 0 unspecified atom stereocenters. The van der Waals surface area contributed by atoms with Gasteiger partial charge in [0.15, 0.2) is 4.34 Å². The molecule has 7 nitrogen and oxygen atoms in total. The summed E-state index contributed by atoms with van der Waals surface area (Å²) in [5.74, 6) is 0.418. The first-order chi connectivity index (χ1) is 15.5. The van der Waals surface area contributed by atoms with Crippen molar-refractivity contribution in [1.29, 1.82) is 0 Å². The second-order valence-corrected chi connectivity index (χ2v) is 11.7. The normalized spacial score (nSPS) is 15.5. The third-order valence-electron chi connectivity index (χ3n) is 5.25. The number of carbonyl (C=O) groups is 1. The molecule has 10 heteroatoms. The molecule has 0 radical (unpaired) electrons. The molecule has 0 spiro atoms. The topological polar surface area (TPSA) is 92.3 Å². The third kappa shape index (κ3) is 6.16. The van der Waals surface area contributed by atoms with Gasteiger partial charge in [0.1, 0.15) is 0 Å². The number of sulfonamides is 1. The fraction of sp³-hybridized carbons (Fsp3) is 0.318. The van der Waals surface area contributed by atoms with Gasteiger partial charge in [-0.05, 0) is 24.0 Å². The van der Waals surface area contributed by atoms with Crippen LogP contribution in [0.25, 0.3) is 0 Å². The number of hydrogen-bond donors (Lipinski definition) is 1. The minimum absolute atomic E-state index is 0.0150. The molecule has 1 fully saturated rings. The number of anilines is 1. The summed E-state index contributed by atoms with van der Waals surface area (Å²) < 4.78 is 27.7. The predicted octanol–water partition coefficient (Wildman–Crippen LogP) is 4.01. The van der Waals surface area contributed by atoms with Crippen LogP contribution in [-0.4, -0.2) is 41.9 Å². The zero-order valence-corrected chi connectivity index (χ0v) is 19.8. The highest BCUT2D eigenvalue weighted by Crippen LogP contribution is 2.29. The van der Waals surface area contributed by atoms with Gasteiger partial charge in [0.2, 0.25) is 21.1 Å². The molecule has 168 valence electrons. The van der Waals surface area contributed by atoms with Crippen LogP contribution >= 0.6 is 23.1 Å². The van der Waals surface area contributed by atoms with Gasteiger partial charge in [-0.25, -0.2) is 12.7 Å². The summed E-state index contributed by atoms with van der Waals surface area (Å²) in [5, 5.41) is 11.5. The van der Waals surface area contributed by atoms with Crippen LogP contribution in [0.3, 0.4) is 0 Å². The van der Waals surface area contributed by atoms with Gasteiger partial charge in [-0.1, -0.05) is 83.8 Å². The van der Waals surface area contributed by atoms with Crippen molar-refractivity contribution in [3.8, 4) is 0 Å². The van der Waals surface area contributed by atoms with Gasteiger partial charge >= 0.3 is 0 Å². The van der Waals surface area contributed by atoms with Crippen LogP contribution in [0.1, 0.15) is 24.0 Å². The summed E-state index contributed by atoms with van der Waals surface area (Å²) in [7, 11) is -3.39. The first kappa shape index (κ1) is 22.9. The number of thioether (sulfide) groups is 1. The van der Waals surface area contributed by atoms with Crippen molar-refractivity contribution >= 4 is 44.2 Å². The number of benzene rings is 2. The molecule has 1 N–H and O–H groups in total. The zero-order valence-electron chi connectivity index (χ0n) is 17.4. The number of aromatic nitrogens is 2. The molecular weight excluding hydrogens is 464 g/mol. The van der Waals surface area contributed by atoms with E-state index in [2.05, 4.69) is 27.6 Å². The predicted molar refractivity (Wildman–Crippen MR) is 128 cm³/mol. The minimum Gasteiger partial charge on any atom is -0.300 e. The fourth-order valence-corrected chi connectivity index (χ4v) is 6.79. The van der Waals surface area contributed by atoms with E-state index in [4.69, 9.17) is 0 Å². The average Bonchev–Trinajstić information content (AvgIpc) is 3.26. The van der Waals surface area contributed by atoms with Crippen molar-refractivity contribution in [2.24, 2.45) is 5.92 Å². The standard InChI is InChI=1S/C22H24N4O3S3/c27-20(23-21-24-25-22(31-21)30-15-17-7-3-1-4-8-17)19-11-13-26(14-12-19)32(28,29)16-18-9-5-2-6-10-18/h1-10,19H,11-16H2,(H,23,24,27). The Morgan fingerprint density at radius 2 is 1.62 bits per heavy atom. The number of nitrogens with zero attached hydrogens (tertiary/aromatic N) is 3. The highest BCUT2D eigenvalue weighted by molar-refractivity contribution is 8.00. The summed E-state index contributed by atoms with van der Waals surface area (Å²) >= 11 is 2.93. The van der Waals surface area contributed by atoms with Crippen LogP contribution in [0.5, 0.6) is 0 Å². The zero-order chi connectivity index (χ0) is 22.4. The molecule has 1 saturated heterocycles. The molecule has 1 aliphatic rings. The maximum absolute atomic E-state index is 12.7. The summed E-state index contributed by atoms with van der Waals surface area (Å²) in [6.07, 6.45) is 0.989. The van der Waals surface area contributed by atoms with Gasteiger partial charge in [0.25, 0.3) is 0 Å². The Hall–Kier alpha value is -2.27. The third-order valence-corrected chi connectivity index (χ3v) is 9.14. The van der Waals surface area contributed by atoms with Crippen LogP contribution in [0.2, 0.25) is 0 Å². The maximum atomic E-state index is 12.7. The van der Waals surface area contributed by atoms with Crippen molar-refractivity contribution in [3.63, 3.8) is 0 Å². The molecule has 2 heterocycles. The molecule has 1 aromatic heterocycles. The van der Waals surface area contributed by atoms with Gasteiger partial charge in [0.05, 0.1) is 5.75 Å². The van der Waals surface area contributed by atoms with E-state index in [0.29, 0.717) is 31.1 Å². The highest BCUT2D eigenvalue weighted by atomic mass is 32.2. The van der Waals surface area contributed by atoms with Gasteiger partial charge in [-0.2, -0.15) is 0 Å². The number of amides is 1. The van der Waals surface area contributed by atoms with Gasteiger partial charge in [-0.3, -0.25) is 4.79 Å². The Balaban J connectivity index is 1.25. The molecule has 3 aromatic rings. The number of nitrogens with one attached hydrogen (secondary N) is 1. The molecule has 0 bridgehead atoms. The van der Waals surface area contributed by atoms with Crippen LogP contribution in [0.15, 0.2) is 65.0 Å². The van der Waals surface area contributed by atoms with Crippen LogP contribution in [-0.2, 0) is 26.3 Å². The Kier molecular flexibility index (Phi) is 7.56. The Labute approximate surface area is 196 Å². The minimum atomic E-state index is -3.39. The molecule has 0 aliphatic carbocycles. The second kappa shape index (κ2) is 10.6. The Morgan fingerprint density at radius 1 is 1.00 bits per heavy atom. The van der Waals surface area contributed by atoms with Gasteiger partial charge in [0, 0.05) is 24.8 Å². The van der Waals surface area contributed by atoms with Gasteiger partial charge in [-0.15, -0.1) is 10.2 Å². The van der Waals surface area contributed by atoms with Crippen molar-refractivity contribution in [2.45, 2.75) is 28.7 Å². The lowest BCUT2D eigenvalue weighted by molar-refractivity contribution is -0.120. The molecule has 32 heavy (non-hydrogen) atoms. The lowest BCUT2D eigenvalue weighted by atomic mass is 9.97. The quantitative estimate of drug-likeness (QED) is 0.380. The van der Waals surface area contributed by atoms with Crippen molar-refractivity contribution in [1.82, 2.24) is 14.5 Å². The highest BCUT2D eigenvalue weighted by Gasteiger charge is 2.31. The van der Waals surface area contributed by atoms with E-state index >= 15 is 0 Å². The molecule has 2 aromatic carbocycles. The molecule has 0 atom stereocenters. The van der Waals surface area contributed by atoms with Crippen molar-refractivity contribution in [3.05, 3.63) is 71.8 Å². The first-order valence-corrected chi connectivity index (χ1v) is 13.7. The monoisotopic (exact) mass is 488 g/mol. The summed E-state index contributed by atoms with van der Waals surface area (Å²) in [6, 6.07) is 19.3. The fourth-order valence-electron chi connectivity index (χ4n) is 3.52. The maximum Gasteiger partial charge on any atom is 0.229 e. The van der Waals surface area contributed by atoms with E-state index in [0.717, 1.165) is 15.7 Å². The molecule has 4 rings (SSSR count). The van der Waals surface area contributed by atoms with E-state index in [1.54, 1.807) is 11.8 Å². The Bertz CT molecular complexity index is 1130. The molecular formula is C22H24N4O3S3. The van der Waals surface area contributed by atoms with Gasteiger partial charge < -0.3 is 5.32 Å². The van der Waals surface area contributed by atoms with E-state index < -0.39 is 10.0 Å². The van der Waals surface area contributed by atoms with Crippen LogP contribution in [0.4, 0.5) is 5.13 Å². The lowest BCUT2D eigenvalue weighted by Crippen LogP contribution is -2.41. The Morgan fingerprint density at radius 3 is 2.28 bits per heavy atom. The molecule has 0 saturated carbocycles. The summed E-state index contributed by atoms with van der Waals surface area (Å²) in [4.78, 5) is 12.7. The van der Waals surface area contributed by atoms with E-state index in [9.17, 15) is 13.2 Å². The van der Waals surface area contributed by atoms with E-state index in [-0.39, 0.29) is 17.6 Å². The molecule has 1 amide bonds. The SMILES string of the molecule is O=C(Nc1nnc(SCc2ccccc2)s1)C1CCN(S(=O)(=O)Cc2ccccc2)CC1. The largest absolute Gasteiger partial charge is 0.300 e. The summed E-state index contributed by atoms with van der Waals surface area (Å²) in [6.45, 7) is 0.698. The first-order valence-electron chi connectivity index (χ1n) is 10.3. The molecule has 1 aliphatic heterocycles. The average molecular weight is 489 g/mol. The number of piperidine rings is 1. The van der Waals surface area contributed by atoms with Crippen molar-refractivity contribution < 1.29 is 13.2 Å². The number of hydrogen-bond acceptors (Lipinski definition) is 7. The summed E-state index contributed by atoms with van der Waals surface area (Å²) in [5.41, 5.74) is 1.97. The number of carbonyl (C=O) groups excluding carboxylic acids is 1. The second-order valence-electron chi connectivity index (χ2n) is 7.55. The van der Waals surface area contributed by atoms with Crippen molar-refractivity contribution in [2.75, 3.05) is 18.4 Å². The van der Waals surface area contributed by atoms with E-state index in [1.807, 2.05) is 48.5 Å². The lowest BCUT2D eigenvalue weighted by Gasteiger charge is -2.30. The smallest absolute Gasteiger partial charge is 0.229 e. The van der Waals surface area contributed by atoms with Crippen LogP contribution in [0, 0.1) is 5.92 Å². The van der Waals surface area contributed by atoms with E-state index in [1.165, 1.54) is 21.2 Å². The number of rotatable bonds is 8. The van der Waals surface area contributed by atoms with Crippen LogP contribution < -0.4 is 5.32 Å².